The van der Waals surface area contributed by atoms with Crippen LogP contribution in [-0.2, 0) is 22.4 Å². The number of aryl methyl sites for hydroxylation is 2. The summed E-state index contributed by atoms with van der Waals surface area (Å²) in [6.45, 7) is 9.00. The summed E-state index contributed by atoms with van der Waals surface area (Å²) in [6.07, 6.45) is 4.20. The fraction of sp³-hybridized carbons (Fsp3) is 0.381. The molecule has 53 heavy (non-hydrogen) atoms. The number of carbonyl (C=O) groups excluding carboxylic acids is 2. The van der Waals surface area contributed by atoms with Crippen LogP contribution < -0.4 is 80.0 Å². The first-order valence-corrected chi connectivity index (χ1v) is 17.8. The third kappa shape index (κ3) is 13.8. The van der Waals surface area contributed by atoms with E-state index in [0.29, 0.717) is 25.7 Å². The number of aliphatic carboxylic acids is 2. The van der Waals surface area contributed by atoms with Crippen LogP contribution in [0.1, 0.15) is 47.9 Å². The van der Waals surface area contributed by atoms with Crippen molar-refractivity contribution in [3.05, 3.63) is 131 Å². The van der Waals surface area contributed by atoms with Crippen LogP contribution in [-0.4, -0.2) is 77.6 Å². The third-order valence-corrected chi connectivity index (χ3v) is 10.2. The van der Waals surface area contributed by atoms with Crippen LogP contribution in [0.25, 0.3) is 0 Å². The van der Waals surface area contributed by atoms with Crippen LogP contribution in [0.15, 0.2) is 109 Å². The van der Waals surface area contributed by atoms with E-state index in [2.05, 4.69) is 69.0 Å². The van der Waals surface area contributed by atoms with Gasteiger partial charge in [-0.1, -0.05) is 96.1 Å². The van der Waals surface area contributed by atoms with Crippen molar-refractivity contribution in [2.24, 2.45) is 0 Å². The Bertz CT molecular complexity index is 1520. The molecular formula is C42H52N4Na2O5. The summed E-state index contributed by atoms with van der Waals surface area (Å²) in [5.74, 6) is -2.01. The molecule has 9 nitrogen and oxygen atoms in total. The van der Waals surface area contributed by atoms with Gasteiger partial charge in [0.25, 0.3) is 0 Å². The molecular weight excluding hydrogens is 686 g/mol. The number of benzene rings is 4. The Morgan fingerprint density at radius 1 is 0.547 bits per heavy atom. The second kappa shape index (κ2) is 22.6. The maximum Gasteiger partial charge on any atom is 1.00 e. The van der Waals surface area contributed by atoms with Crippen molar-refractivity contribution in [2.45, 2.75) is 63.5 Å². The average Bonchev–Trinajstić information content (AvgIpc) is 3.14. The molecule has 0 unspecified atom stereocenters. The summed E-state index contributed by atoms with van der Waals surface area (Å²) in [5, 5.41) is 30.1. The van der Waals surface area contributed by atoms with E-state index in [-0.39, 0.29) is 64.6 Å². The Balaban J connectivity index is 0.000000347. The molecule has 4 aromatic rings. The number of carboxylic acid groups (broad SMARTS) is 2. The normalized spacial score (nSPS) is 16.2. The zero-order chi connectivity index (χ0) is 35.4. The van der Waals surface area contributed by atoms with Gasteiger partial charge in [-0.15, -0.1) is 0 Å². The molecule has 0 radical (unpaired) electrons. The standard InChI is InChI=1S/2C21H26N2O2.2Na.H2O/c2*1-17-7-9-19(10-8-17)22-21(20(24)25)12-15-23(16-13-21)14-11-18-5-3-2-4-6-18;;;/h2*2-10,22H,11-16H2,1H3,(H,24,25);;;1H2/q;;2*+1;/p-2. The summed E-state index contributed by atoms with van der Waals surface area (Å²) in [4.78, 5) is 28.4. The molecule has 0 aromatic heterocycles. The maximum absolute atomic E-state index is 11.8. The molecule has 0 atom stereocenters. The Hall–Kier alpha value is -2.70. The first-order valence-electron chi connectivity index (χ1n) is 17.8. The Kier molecular flexibility index (Phi) is 19.8. The van der Waals surface area contributed by atoms with Crippen molar-refractivity contribution in [1.82, 2.24) is 9.80 Å². The molecule has 2 heterocycles. The summed E-state index contributed by atoms with van der Waals surface area (Å²) < 4.78 is 0. The van der Waals surface area contributed by atoms with E-state index in [1.54, 1.807) is 0 Å². The van der Waals surface area contributed by atoms with E-state index in [4.69, 9.17) is 0 Å². The van der Waals surface area contributed by atoms with Crippen molar-refractivity contribution >= 4 is 23.3 Å². The van der Waals surface area contributed by atoms with E-state index in [9.17, 15) is 19.8 Å². The number of likely N-dealkylation sites (tertiary alicyclic amines) is 2. The molecule has 0 spiro atoms. The van der Waals surface area contributed by atoms with Crippen LogP contribution in [0.2, 0.25) is 0 Å². The Morgan fingerprint density at radius 2 is 0.849 bits per heavy atom. The van der Waals surface area contributed by atoms with Gasteiger partial charge in [-0.25, -0.2) is 0 Å². The first kappa shape index (κ1) is 46.5. The quantitative estimate of drug-likeness (QED) is 0.154. The van der Waals surface area contributed by atoms with Crippen molar-refractivity contribution < 1.29 is 84.4 Å². The minimum atomic E-state index is -1.00. The van der Waals surface area contributed by atoms with Gasteiger partial charge in [-0.2, -0.15) is 0 Å². The van der Waals surface area contributed by atoms with Crippen molar-refractivity contribution in [1.29, 1.82) is 0 Å². The molecule has 4 aromatic carbocycles. The fourth-order valence-corrected chi connectivity index (χ4v) is 6.77. The molecule has 11 heteroatoms. The van der Waals surface area contributed by atoms with Crippen molar-refractivity contribution in [3.8, 4) is 0 Å². The van der Waals surface area contributed by atoms with Crippen molar-refractivity contribution in [3.63, 3.8) is 0 Å². The second-order valence-electron chi connectivity index (χ2n) is 13.9. The van der Waals surface area contributed by atoms with Gasteiger partial charge in [0.15, 0.2) is 0 Å². The summed E-state index contributed by atoms with van der Waals surface area (Å²) in [5.41, 5.74) is 4.68. The first-order chi connectivity index (χ1) is 24.1. The molecule has 2 aliphatic rings. The number of carbonyl (C=O) groups is 2. The number of anilines is 2. The van der Waals surface area contributed by atoms with Gasteiger partial charge in [0.2, 0.25) is 0 Å². The van der Waals surface area contributed by atoms with E-state index in [1.165, 1.54) is 11.1 Å². The van der Waals surface area contributed by atoms with Crippen LogP contribution in [0.5, 0.6) is 0 Å². The van der Waals surface area contributed by atoms with Gasteiger partial charge >= 0.3 is 59.1 Å². The predicted molar refractivity (Wildman–Crippen MR) is 200 cm³/mol. The van der Waals surface area contributed by atoms with Gasteiger partial charge in [0.1, 0.15) is 0 Å². The molecule has 272 valence electrons. The van der Waals surface area contributed by atoms with E-state index in [1.807, 2.05) is 74.5 Å². The Labute approximate surface area is 359 Å². The minimum absolute atomic E-state index is 0. The smallest absolute Gasteiger partial charge is 0.548 e. The average molecular weight is 739 g/mol. The SMILES string of the molecule is Cc1ccc(NC2(C(=O)[O-])CCN(CCc3ccccc3)CC2)cc1.Cc1ccc(NC2(C(=O)[O-])CCN(CCc3ccccc3)CC2)cc1.O.[Na+].[Na+]. The maximum atomic E-state index is 11.8. The number of carboxylic acids is 2. The molecule has 6 rings (SSSR count). The number of nitrogens with zero attached hydrogens (tertiary/aromatic N) is 2. The summed E-state index contributed by atoms with van der Waals surface area (Å²) in [6, 6.07) is 36.5. The molecule has 0 aliphatic carbocycles. The molecule has 2 saturated heterocycles. The molecule has 0 amide bonds. The molecule has 0 saturated carbocycles. The number of nitrogens with one attached hydrogen (secondary N) is 2. The monoisotopic (exact) mass is 738 g/mol. The van der Waals surface area contributed by atoms with Crippen LogP contribution >= 0.6 is 0 Å². The zero-order valence-electron chi connectivity index (χ0n) is 31.9. The fourth-order valence-electron chi connectivity index (χ4n) is 6.77. The minimum Gasteiger partial charge on any atom is -0.548 e. The molecule has 4 N–H and O–H groups in total. The predicted octanol–water partition coefficient (Wildman–Crippen LogP) is -2.35. The van der Waals surface area contributed by atoms with Gasteiger partial charge in [-0.3, -0.25) is 0 Å². The van der Waals surface area contributed by atoms with Crippen molar-refractivity contribution in [2.75, 3.05) is 49.9 Å². The van der Waals surface area contributed by atoms with E-state index >= 15 is 0 Å². The number of rotatable bonds is 12. The van der Waals surface area contributed by atoms with E-state index < -0.39 is 23.0 Å². The van der Waals surface area contributed by atoms with E-state index in [0.717, 1.165) is 74.6 Å². The van der Waals surface area contributed by atoms with Crippen LogP contribution in [0, 0.1) is 13.8 Å². The number of hydrogen-bond acceptors (Lipinski definition) is 8. The topological polar surface area (TPSA) is 142 Å². The molecule has 2 fully saturated rings. The van der Waals surface area contributed by atoms with Crippen LogP contribution in [0.4, 0.5) is 11.4 Å². The van der Waals surface area contributed by atoms with Gasteiger partial charge in [-0.05, 0) is 87.8 Å². The second-order valence-corrected chi connectivity index (χ2v) is 13.9. The van der Waals surface area contributed by atoms with Gasteiger partial charge < -0.3 is 45.7 Å². The zero-order valence-corrected chi connectivity index (χ0v) is 35.9. The summed E-state index contributed by atoms with van der Waals surface area (Å²) >= 11 is 0. The largest absolute Gasteiger partial charge is 1.00 e. The molecule has 2 aliphatic heterocycles. The Morgan fingerprint density at radius 3 is 1.13 bits per heavy atom. The third-order valence-electron chi connectivity index (χ3n) is 10.2. The van der Waals surface area contributed by atoms with Crippen LogP contribution in [0.3, 0.4) is 0 Å². The van der Waals surface area contributed by atoms with Gasteiger partial charge in [0.05, 0.1) is 23.0 Å². The summed E-state index contributed by atoms with van der Waals surface area (Å²) in [7, 11) is 0. The number of piperidine rings is 2. The molecule has 0 bridgehead atoms. The number of hydrogen-bond donors (Lipinski definition) is 2. The van der Waals surface area contributed by atoms with Gasteiger partial charge in [0, 0.05) is 50.6 Å².